The predicted molar refractivity (Wildman–Crippen MR) is 102 cm³/mol. The molecule has 6 nitrogen and oxygen atoms in total. The van der Waals surface area contributed by atoms with Gasteiger partial charge in [-0.2, -0.15) is 0 Å². The molecule has 144 valence electrons. The van der Waals surface area contributed by atoms with E-state index in [1.165, 1.54) is 24.3 Å². The van der Waals surface area contributed by atoms with Crippen LogP contribution < -0.4 is 10.2 Å². The van der Waals surface area contributed by atoms with E-state index >= 15 is 0 Å². The van der Waals surface area contributed by atoms with E-state index in [2.05, 4.69) is 10.2 Å². The maximum absolute atomic E-state index is 12.9. The molecule has 1 heterocycles. The average Bonchev–Trinajstić information content (AvgIpc) is 2.69. The van der Waals surface area contributed by atoms with Crippen LogP contribution in [-0.2, 0) is 0 Å². The van der Waals surface area contributed by atoms with Crippen molar-refractivity contribution in [3.8, 4) is 0 Å². The van der Waals surface area contributed by atoms with E-state index in [-0.39, 0.29) is 16.4 Å². The van der Waals surface area contributed by atoms with Gasteiger partial charge in [0.1, 0.15) is 5.82 Å². The van der Waals surface area contributed by atoms with Gasteiger partial charge in [-0.05, 0) is 55.6 Å². The van der Waals surface area contributed by atoms with Crippen molar-refractivity contribution < 1.29 is 14.4 Å². The second-order valence-corrected chi connectivity index (χ2v) is 6.84. The highest BCUT2D eigenvalue weighted by atomic mass is 19.1. The molecule has 0 spiro atoms. The van der Waals surface area contributed by atoms with Crippen LogP contribution >= 0.6 is 0 Å². The van der Waals surface area contributed by atoms with Gasteiger partial charge in [-0.15, -0.1) is 0 Å². The number of nitro groups is 1. The number of nitrogens with one attached hydrogen (secondary N) is 1. The van der Waals surface area contributed by atoms with Crippen LogP contribution in [0.3, 0.4) is 0 Å². The number of non-ortho nitro benzene ring substituents is 1. The predicted octanol–water partition coefficient (Wildman–Crippen LogP) is 3.42. The van der Waals surface area contributed by atoms with Crippen molar-refractivity contribution in [3.05, 3.63) is 70.0 Å². The summed E-state index contributed by atoms with van der Waals surface area (Å²) in [6.45, 7) is 2.47. The largest absolute Gasteiger partial charge is 0.388 e. The number of halogens is 1. The molecule has 0 saturated carbocycles. The fourth-order valence-corrected chi connectivity index (χ4v) is 3.40. The Kier molecular flexibility index (Phi) is 6.36. The number of aliphatic hydroxyl groups is 1. The monoisotopic (exact) mass is 373 g/mol. The van der Waals surface area contributed by atoms with Crippen molar-refractivity contribution in [1.82, 2.24) is 5.32 Å². The first kappa shape index (κ1) is 19.3. The zero-order valence-corrected chi connectivity index (χ0v) is 15.1. The van der Waals surface area contributed by atoms with Crippen LogP contribution in [0.5, 0.6) is 0 Å². The van der Waals surface area contributed by atoms with Crippen molar-refractivity contribution in [2.75, 3.05) is 24.5 Å². The van der Waals surface area contributed by atoms with Crippen LogP contribution in [0, 0.1) is 15.9 Å². The molecule has 2 aromatic carbocycles. The normalized spacial score (nSPS) is 16.3. The maximum atomic E-state index is 12.9. The van der Waals surface area contributed by atoms with Crippen LogP contribution in [0.4, 0.5) is 15.8 Å². The Balaban J connectivity index is 1.40. The zero-order chi connectivity index (χ0) is 19.2. The Morgan fingerprint density at radius 2 is 1.78 bits per heavy atom. The van der Waals surface area contributed by atoms with Gasteiger partial charge in [-0.3, -0.25) is 10.1 Å². The third-order valence-electron chi connectivity index (χ3n) is 5.03. The van der Waals surface area contributed by atoms with Gasteiger partial charge in [0.2, 0.25) is 0 Å². The smallest absolute Gasteiger partial charge is 0.269 e. The molecule has 1 aliphatic heterocycles. The van der Waals surface area contributed by atoms with Gasteiger partial charge < -0.3 is 15.3 Å². The number of piperidine rings is 1. The van der Waals surface area contributed by atoms with Gasteiger partial charge in [-0.1, -0.05) is 12.1 Å². The van der Waals surface area contributed by atoms with Gasteiger partial charge in [0.25, 0.3) is 5.69 Å². The molecule has 1 atom stereocenters. The average molecular weight is 373 g/mol. The quantitative estimate of drug-likeness (QED) is 0.574. The molecule has 1 unspecified atom stereocenters. The summed E-state index contributed by atoms with van der Waals surface area (Å²) in [4.78, 5) is 12.6. The highest BCUT2D eigenvalue weighted by molar-refractivity contribution is 5.51. The summed E-state index contributed by atoms with van der Waals surface area (Å²) in [5.74, 6) is -0.302. The second kappa shape index (κ2) is 8.92. The molecular formula is C20H24FN3O3. The first-order valence-electron chi connectivity index (χ1n) is 9.19. The summed E-state index contributed by atoms with van der Waals surface area (Å²) in [5.41, 5.74) is 1.84. The number of benzene rings is 2. The van der Waals surface area contributed by atoms with Crippen LogP contribution in [0.2, 0.25) is 0 Å². The lowest BCUT2D eigenvalue weighted by molar-refractivity contribution is -0.384. The zero-order valence-electron chi connectivity index (χ0n) is 15.1. The molecule has 0 amide bonds. The van der Waals surface area contributed by atoms with Gasteiger partial charge in [0.15, 0.2) is 0 Å². The van der Waals surface area contributed by atoms with Crippen LogP contribution in [0.25, 0.3) is 0 Å². The number of nitro benzene ring substituents is 1. The number of rotatable bonds is 7. The molecule has 0 aromatic heterocycles. The van der Waals surface area contributed by atoms with E-state index < -0.39 is 6.10 Å². The maximum Gasteiger partial charge on any atom is 0.269 e. The summed E-state index contributed by atoms with van der Waals surface area (Å²) in [5, 5.41) is 24.4. The van der Waals surface area contributed by atoms with Crippen molar-refractivity contribution in [2.45, 2.75) is 31.4 Å². The Hall–Kier alpha value is -2.51. The van der Waals surface area contributed by atoms with E-state index in [0.717, 1.165) is 37.2 Å². The summed E-state index contributed by atoms with van der Waals surface area (Å²) < 4.78 is 12.9. The van der Waals surface area contributed by atoms with Crippen LogP contribution in [-0.4, -0.2) is 35.7 Å². The van der Waals surface area contributed by atoms with Gasteiger partial charge in [0, 0.05) is 37.0 Å². The van der Waals surface area contributed by atoms with E-state index in [9.17, 15) is 19.6 Å². The number of anilines is 1. The van der Waals surface area contributed by atoms with Gasteiger partial charge in [0.05, 0.1) is 11.0 Å². The molecule has 2 N–H and O–H groups in total. The highest BCUT2D eigenvalue weighted by Crippen LogP contribution is 2.23. The Labute approximate surface area is 157 Å². The molecule has 3 rings (SSSR count). The second-order valence-electron chi connectivity index (χ2n) is 6.84. The molecule has 0 radical (unpaired) electrons. The molecule has 1 aliphatic rings. The van der Waals surface area contributed by atoms with E-state index in [1.807, 2.05) is 0 Å². The molecule has 27 heavy (non-hydrogen) atoms. The fraction of sp³-hybridized carbons (Fsp3) is 0.400. The molecule has 2 aromatic rings. The lowest BCUT2D eigenvalue weighted by Gasteiger charge is -2.34. The standard InChI is InChI=1S/C20H24FN3O3/c21-16-3-1-15(2-4-16)20(25)9-12-22-17-10-13-23(14-11-17)18-5-7-19(8-6-18)24(26)27/h1-8,17,20,22,25H,9-14H2. The first-order chi connectivity index (χ1) is 13.0. The number of nitrogens with zero attached hydrogens (tertiary/aromatic N) is 2. The summed E-state index contributed by atoms with van der Waals surface area (Å²) in [7, 11) is 0. The van der Waals surface area contributed by atoms with Crippen molar-refractivity contribution in [2.24, 2.45) is 0 Å². The van der Waals surface area contributed by atoms with Gasteiger partial charge >= 0.3 is 0 Å². The Morgan fingerprint density at radius 1 is 1.15 bits per heavy atom. The first-order valence-corrected chi connectivity index (χ1v) is 9.19. The number of aliphatic hydroxyl groups excluding tert-OH is 1. The molecular weight excluding hydrogens is 349 g/mol. The lowest BCUT2D eigenvalue weighted by atomic mass is 10.0. The minimum atomic E-state index is -0.599. The minimum absolute atomic E-state index is 0.106. The number of hydrogen-bond donors (Lipinski definition) is 2. The minimum Gasteiger partial charge on any atom is -0.388 e. The highest BCUT2D eigenvalue weighted by Gasteiger charge is 2.20. The third-order valence-corrected chi connectivity index (χ3v) is 5.03. The molecule has 0 bridgehead atoms. The summed E-state index contributed by atoms with van der Waals surface area (Å²) in [6.07, 6.45) is 1.93. The fourth-order valence-electron chi connectivity index (χ4n) is 3.40. The van der Waals surface area contributed by atoms with Crippen molar-refractivity contribution in [3.63, 3.8) is 0 Å². The molecule has 0 aliphatic carbocycles. The van der Waals surface area contributed by atoms with Crippen LogP contribution in [0.1, 0.15) is 30.9 Å². The molecule has 1 fully saturated rings. The summed E-state index contributed by atoms with van der Waals surface area (Å²) >= 11 is 0. The van der Waals surface area contributed by atoms with Crippen LogP contribution in [0.15, 0.2) is 48.5 Å². The van der Waals surface area contributed by atoms with Gasteiger partial charge in [-0.25, -0.2) is 4.39 Å². The Morgan fingerprint density at radius 3 is 2.37 bits per heavy atom. The van der Waals surface area contributed by atoms with Crippen molar-refractivity contribution in [1.29, 1.82) is 0 Å². The number of hydrogen-bond acceptors (Lipinski definition) is 5. The lowest BCUT2D eigenvalue weighted by Crippen LogP contribution is -2.43. The van der Waals surface area contributed by atoms with Crippen molar-refractivity contribution >= 4 is 11.4 Å². The van der Waals surface area contributed by atoms with E-state index in [4.69, 9.17) is 0 Å². The SMILES string of the molecule is O=[N+]([O-])c1ccc(N2CCC(NCCC(O)c3ccc(F)cc3)CC2)cc1. The third kappa shape index (κ3) is 5.24. The molecule has 7 heteroatoms. The van der Waals surface area contributed by atoms with E-state index in [1.54, 1.807) is 24.3 Å². The van der Waals surface area contributed by atoms with E-state index in [0.29, 0.717) is 19.0 Å². The molecule has 1 saturated heterocycles. The topological polar surface area (TPSA) is 78.6 Å². The Bertz CT molecular complexity index is 744. The summed E-state index contributed by atoms with van der Waals surface area (Å²) in [6, 6.07) is 13.0.